The summed E-state index contributed by atoms with van der Waals surface area (Å²) >= 11 is 3.47. The topological polar surface area (TPSA) is 77.0 Å². The van der Waals surface area contributed by atoms with Gasteiger partial charge in [0.2, 0.25) is 0 Å². The van der Waals surface area contributed by atoms with Crippen LogP contribution in [0.5, 0.6) is 0 Å². The van der Waals surface area contributed by atoms with E-state index in [1.54, 1.807) is 0 Å². The molecule has 5 rings (SSSR count). The minimum absolute atomic E-state index is 0.00777. The Bertz CT molecular complexity index is 843. The highest BCUT2D eigenvalue weighted by molar-refractivity contribution is 9.10. The Kier molecular flexibility index (Phi) is 5.65. The molecule has 0 saturated carbocycles. The molecule has 4 aliphatic heterocycles. The summed E-state index contributed by atoms with van der Waals surface area (Å²) < 4.78 is 37.5. The van der Waals surface area contributed by atoms with Gasteiger partial charge < -0.3 is 33.3 Å². The lowest BCUT2D eigenvalue weighted by molar-refractivity contribution is -0.236. The Morgan fingerprint density at radius 2 is 1.77 bits per heavy atom. The second kappa shape index (κ2) is 8.06. The van der Waals surface area contributed by atoms with Crippen LogP contribution in [0.1, 0.15) is 33.3 Å². The second-order valence-corrected chi connectivity index (χ2v) is 10.1. The van der Waals surface area contributed by atoms with Gasteiger partial charge in [0, 0.05) is 4.47 Å². The fourth-order valence-corrected chi connectivity index (χ4v) is 4.75. The van der Waals surface area contributed by atoms with Crippen LogP contribution in [0, 0.1) is 5.92 Å². The van der Waals surface area contributed by atoms with Gasteiger partial charge in [0.15, 0.2) is 17.9 Å². The molecule has 8 nitrogen and oxygen atoms in total. The number of hydrogen-bond acceptors (Lipinski definition) is 8. The van der Waals surface area contributed by atoms with E-state index in [0.717, 1.165) is 15.7 Å². The summed E-state index contributed by atoms with van der Waals surface area (Å²) in [7, 11) is 0. The third kappa shape index (κ3) is 4.42. The van der Waals surface area contributed by atoms with Crippen LogP contribution >= 0.6 is 15.9 Å². The number of ether oxygens (including phenoxy) is 6. The van der Waals surface area contributed by atoms with Crippen molar-refractivity contribution in [2.75, 3.05) is 19.8 Å². The molecule has 0 radical (unpaired) electrons. The Balaban J connectivity index is 1.30. The fraction of sp³-hybridized carbons (Fsp3) is 0.682. The first kappa shape index (κ1) is 21.8. The van der Waals surface area contributed by atoms with E-state index in [2.05, 4.69) is 21.1 Å². The molecule has 170 valence electrons. The lowest BCUT2D eigenvalue weighted by Crippen LogP contribution is -2.45. The first-order valence-corrected chi connectivity index (χ1v) is 11.4. The van der Waals surface area contributed by atoms with Gasteiger partial charge in [0.25, 0.3) is 0 Å². The number of rotatable bonds is 5. The van der Waals surface area contributed by atoms with E-state index in [9.17, 15) is 0 Å². The van der Waals surface area contributed by atoms with Crippen molar-refractivity contribution in [1.82, 2.24) is 0 Å². The molecule has 1 aromatic rings. The van der Waals surface area contributed by atoms with E-state index in [-0.39, 0.29) is 30.3 Å². The highest BCUT2D eigenvalue weighted by Crippen LogP contribution is 2.42. The van der Waals surface area contributed by atoms with Crippen LogP contribution in [0.25, 0.3) is 0 Å². The van der Waals surface area contributed by atoms with Crippen molar-refractivity contribution in [1.29, 1.82) is 0 Å². The smallest absolute Gasteiger partial charge is 0.190 e. The van der Waals surface area contributed by atoms with Gasteiger partial charge in [-0.25, -0.2) is 0 Å². The van der Waals surface area contributed by atoms with Gasteiger partial charge in [0.05, 0.1) is 24.8 Å². The molecule has 4 aliphatic rings. The minimum Gasteiger partial charge on any atom is -0.395 e. The van der Waals surface area contributed by atoms with Crippen molar-refractivity contribution < 1.29 is 33.3 Å². The Labute approximate surface area is 190 Å². The van der Waals surface area contributed by atoms with Gasteiger partial charge in [-0.2, -0.15) is 0 Å². The number of nitrogens with zero attached hydrogens (tertiary/aromatic N) is 1. The Morgan fingerprint density at radius 1 is 1.00 bits per heavy atom. The van der Waals surface area contributed by atoms with Crippen LogP contribution in [0.3, 0.4) is 0 Å². The highest BCUT2D eigenvalue weighted by atomic mass is 79.9. The molecule has 0 N–H and O–H groups in total. The number of hydrogen-bond donors (Lipinski definition) is 0. The molecular formula is C22H28BrNO7. The van der Waals surface area contributed by atoms with Crippen molar-refractivity contribution in [3.63, 3.8) is 0 Å². The van der Waals surface area contributed by atoms with Gasteiger partial charge in [-0.05, 0) is 45.4 Å². The summed E-state index contributed by atoms with van der Waals surface area (Å²) in [6, 6.07) is 8.02. The zero-order valence-electron chi connectivity index (χ0n) is 18.1. The molecule has 4 heterocycles. The number of benzene rings is 1. The highest BCUT2D eigenvalue weighted by Gasteiger charge is 2.59. The average Bonchev–Trinajstić information content (AvgIpc) is 3.43. The maximum absolute atomic E-state index is 6.43. The minimum atomic E-state index is -0.727. The number of oxime groups is 1. The predicted octanol–water partition coefficient (Wildman–Crippen LogP) is 3.21. The van der Waals surface area contributed by atoms with Gasteiger partial charge in [-0.3, -0.25) is 0 Å². The van der Waals surface area contributed by atoms with Crippen molar-refractivity contribution in [3.8, 4) is 0 Å². The molecule has 31 heavy (non-hydrogen) atoms. The van der Waals surface area contributed by atoms with Crippen LogP contribution in [0.15, 0.2) is 33.9 Å². The average molecular weight is 498 g/mol. The molecule has 6 atom stereocenters. The van der Waals surface area contributed by atoms with Crippen LogP contribution < -0.4 is 0 Å². The molecule has 0 bridgehead atoms. The lowest BCUT2D eigenvalue weighted by atomic mass is 9.98. The molecule has 3 fully saturated rings. The normalized spacial score (nSPS) is 38.2. The maximum atomic E-state index is 6.43. The lowest BCUT2D eigenvalue weighted by Gasteiger charge is -2.29. The van der Waals surface area contributed by atoms with Crippen molar-refractivity contribution >= 4 is 21.6 Å². The van der Waals surface area contributed by atoms with E-state index in [1.807, 2.05) is 52.0 Å². The SMILES string of the molecule is CC1(C)OC[C@@H]([C@H]2OC3OC(C)(C)O[C@@H]3[C@H]2OCC2CON=C2c2ccc(Br)cc2)O1. The van der Waals surface area contributed by atoms with Crippen LogP contribution in [-0.4, -0.2) is 67.8 Å². The summed E-state index contributed by atoms with van der Waals surface area (Å²) in [6.45, 7) is 8.86. The summed E-state index contributed by atoms with van der Waals surface area (Å²) in [5.74, 6) is -1.37. The second-order valence-electron chi connectivity index (χ2n) is 9.21. The first-order valence-electron chi connectivity index (χ1n) is 10.6. The summed E-state index contributed by atoms with van der Waals surface area (Å²) in [6.07, 6.45) is -1.83. The summed E-state index contributed by atoms with van der Waals surface area (Å²) in [5.41, 5.74) is 1.90. The molecule has 3 saturated heterocycles. The van der Waals surface area contributed by atoms with Crippen molar-refractivity contribution in [2.24, 2.45) is 11.1 Å². The molecule has 0 aromatic heterocycles. The Morgan fingerprint density at radius 3 is 2.48 bits per heavy atom. The summed E-state index contributed by atoms with van der Waals surface area (Å²) in [5, 5.41) is 4.26. The van der Waals surface area contributed by atoms with Gasteiger partial charge in [0.1, 0.15) is 31.0 Å². The Hall–Kier alpha value is -1.07. The molecular weight excluding hydrogens is 470 g/mol. The van der Waals surface area contributed by atoms with Crippen LogP contribution in [0.2, 0.25) is 0 Å². The molecule has 9 heteroatoms. The van der Waals surface area contributed by atoms with E-state index < -0.39 is 17.9 Å². The third-order valence-electron chi connectivity index (χ3n) is 5.88. The zero-order valence-corrected chi connectivity index (χ0v) is 19.7. The van der Waals surface area contributed by atoms with Crippen LogP contribution in [-0.2, 0) is 33.3 Å². The number of fused-ring (bicyclic) bond motifs is 1. The van der Waals surface area contributed by atoms with Crippen molar-refractivity contribution in [3.05, 3.63) is 34.3 Å². The largest absolute Gasteiger partial charge is 0.395 e. The van der Waals surface area contributed by atoms with Gasteiger partial charge >= 0.3 is 0 Å². The van der Waals surface area contributed by atoms with E-state index in [0.29, 0.717) is 19.8 Å². The van der Waals surface area contributed by atoms with Crippen molar-refractivity contribution in [2.45, 2.75) is 70.0 Å². The maximum Gasteiger partial charge on any atom is 0.190 e. The quantitative estimate of drug-likeness (QED) is 0.617. The van der Waals surface area contributed by atoms with E-state index in [4.69, 9.17) is 33.3 Å². The monoisotopic (exact) mass is 497 g/mol. The summed E-state index contributed by atoms with van der Waals surface area (Å²) in [4.78, 5) is 5.41. The zero-order chi connectivity index (χ0) is 21.8. The standard InChI is InChI=1S/C22H28BrNO7/c1-21(2)26-11-15(29-21)17-18(19-20(28-17)31-22(3,4)30-19)25-9-13-10-27-24-16(13)12-5-7-14(23)8-6-12/h5-8,13,15,17-20H,9-11H2,1-4H3/t13?,15-,17+,18-,19+,20?/m0/s1. The first-order chi connectivity index (χ1) is 14.7. The van der Waals surface area contributed by atoms with E-state index in [1.165, 1.54) is 0 Å². The molecule has 1 aromatic carbocycles. The number of halogens is 1. The van der Waals surface area contributed by atoms with Gasteiger partial charge in [-0.1, -0.05) is 33.2 Å². The fourth-order valence-electron chi connectivity index (χ4n) is 4.48. The molecule has 2 unspecified atom stereocenters. The predicted molar refractivity (Wildman–Crippen MR) is 113 cm³/mol. The molecule has 0 amide bonds. The molecule has 0 spiro atoms. The van der Waals surface area contributed by atoms with Gasteiger partial charge in [-0.15, -0.1) is 0 Å². The third-order valence-corrected chi connectivity index (χ3v) is 6.41. The molecule has 0 aliphatic carbocycles. The van der Waals surface area contributed by atoms with E-state index >= 15 is 0 Å². The van der Waals surface area contributed by atoms with Crippen LogP contribution in [0.4, 0.5) is 0 Å².